The Morgan fingerprint density at radius 1 is 1.13 bits per heavy atom. The molecule has 0 unspecified atom stereocenters. The van der Waals surface area contributed by atoms with E-state index in [2.05, 4.69) is 32.5 Å². The Kier molecular flexibility index (Phi) is 6.52. The van der Waals surface area contributed by atoms with Crippen LogP contribution in [0.1, 0.15) is 18.4 Å². The molecule has 0 bridgehead atoms. The van der Waals surface area contributed by atoms with Crippen molar-refractivity contribution in [1.82, 2.24) is 20.4 Å². The molecule has 8 heteroatoms. The first-order valence-corrected chi connectivity index (χ1v) is 10.7. The maximum absolute atomic E-state index is 11.9. The third-order valence-electron chi connectivity index (χ3n) is 5.09. The van der Waals surface area contributed by atoms with Crippen molar-refractivity contribution in [3.63, 3.8) is 0 Å². The van der Waals surface area contributed by atoms with E-state index in [4.69, 9.17) is 16.1 Å². The Balaban J connectivity index is 1.37. The molecule has 1 aromatic heterocycles. The van der Waals surface area contributed by atoms with E-state index < -0.39 is 0 Å². The number of amides is 2. The molecule has 0 saturated carbocycles. The average Bonchev–Trinajstić information content (AvgIpc) is 3.27. The van der Waals surface area contributed by atoms with E-state index in [0.717, 1.165) is 29.9 Å². The van der Waals surface area contributed by atoms with Crippen molar-refractivity contribution in [3.05, 3.63) is 65.0 Å². The topological polar surface area (TPSA) is 74.5 Å². The monoisotopic (exact) mass is 437 g/mol. The molecule has 0 spiro atoms. The number of nitrogens with one attached hydrogen (secondary N) is 1. The van der Waals surface area contributed by atoms with Crippen molar-refractivity contribution in [1.29, 1.82) is 0 Å². The van der Waals surface area contributed by atoms with Gasteiger partial charge in [-0.15, -0.1) is 0 Å². The summed E-state index contributed by atoms with van der Waals surface area (Å²) in [5.74, 6) is 0.971. The van der Waals surface area contributed by atoms with Crippen molar-refractivity contribution >= 4 is 35.5 Å². The molecule has 1 saturated heterocycles. The molecular weight excluding hydrogens is 414 g/mol. The van der Waals surface area contributed by atoms with E-state index in [1.807, 2.05) is 54.3 Å². The zero-order chi connectivity index (χ0) is 21.6. The second-order valence-electron chi connectivity index (χ2n) is 7.20. The lowest BCUT2D eigenvalue weighted by Gasteiger charge is -2.36. The summed E-state index contributed by atoms with van der Waals surface area (Å²) < 4.78 is 5.34. The van der Waals surface area contributed by atoms with E-state index in [1.165, 1.54) is 0 Å². The zero-order valence-electron chi connectivity index (χ0n) is 17.3. The van der Waals surface area contributed by atoms with Crippen LogP contribution in [0.4, 0.5) is 10.5 Å². The van der Waals surface area contributed by atoms with Crippen LogP contribution in [0.3, 0.4) is 0 Å². The van der Waals surface area contributed by atoms with Crippen molar-refractivity contribution in [2.45, 2.75) is 6.92 Å². The van der Waals surface area contributed by atoms with Crippen LogP contribution < -0.4 is 10.2 Å². The molecule has 31 heavy (non-hydrogen) atoms. The summed E-state index contributed by atoms with van der Waals surface area (Å²) in [5, 5.41) is 7.61. The van der Waals surface area contributed by atoms with Crippen molar-refractivity contribution in [2.24, 2.45) is 0 Å². The van der Waals surface area contributed by atoms with Gasteiger partial charge in [-0.05, 0) is 55.0 Å². The molecule has 3 aromatic rings. The number of halogens is 1. The molecule has 2 amide bonds. The fourth-order valence-electron chi connectivity index (χ4n) is 3.45. The van der Waals surface area contributed by atoms with Crippen LogP contribution in [0.5, 0.6) is 0 Å². The standard InChI is InChI=1S/C23H24ClN5O2/c1-2-25-23(30)29-14-12-28(13-15-29)20-9-7-18(8-10-20)22-26-21(31-27-22)11-6-17-4-3-5-19(24)16-17/h3-11,16H,2,12-15H2,1H3,(H,25,30). The predicted octanol–water partition coefficient (Wildman–Crippen LogP) is 4.41. The van der Waals surface area contributed by atoms with Crippen molar-refractivity contribution < 1.29 is 9.32 Å². The van der Waals surface area contributed by atoms with E-state index in [1.54, 1.807) is 6.08 Å². The van der Waals surface area contributed by atoms with Gasteiger partial charge in [0.15, 0.2) is 0 Å². The number of urea groups is 1. The van der Waals surface area contributed by atoms with Crippen LogP contribution in [0.25, 0.3) is 23.5 Å². The second-order valence-corrected chi connectivity index (χ2v) is 7.64. The maximum atomic E-state index is 11.9. The summed E-state index contributed by atoms with van der Waals surface area (Å²) in [5.41, 5.74) is 2.96. The number of aromatic nitrogens is 2. The first-order chi connectivity index (χ1) is 15.1. The van der Waals surface area contributed by atoms with Crippen LogP contribution in [-0.2, 0) is 0 Å². The zero-order valence-corrected chi connectivity index (χ0v) is 18.0. The molecule has 0 radical (unpaired) electrons. The fraction of sp³-hybridized carbons (Fsp3) is 0.261. The Labute approximate surface area is 186 Å². The third-order valence-corrected chi connectivity index (χ3v) is 5.33. The van der Waals surface area contributed by atoms with E-state index in [0.29, 0.717) is 36.4 Å². The SMILES string of the molecule is CCNC(=O)N1CCN(c2ccc(-c3noc(C=Cc4cccc(Cl)c4)n3)cc2)CC1. The normalized spacial score (nSPS) is 14.3. The van der Waals surface area contributed by atoms with Crippen LogP contribution in [0.15, 0.2) is 53.1 Å². The van der Waals surface area contributed by atoms with Crippen LogP contribution in [0, 0.1) is 0 Å². The lowest BCUT2D eigenvalue weighted by atomic mass is 10.1. The van der Waals surface area contributed by atoms with Crippen molar-refractivity contribution in [3.8, 4) is 11.4 Å². The molecule has 7 nitrogen and oxygen atoms in total. The number of carbonyl (C=O) groups excluding carboxylic acids is 1. The lowest BCUT2D eigenvalue weighted by Crippen LogP contribution is -2.51. The minimum Gasteiger partial charge on any atom is -0.368 e. The molecule has 2 heterocycles. The third kappa shape index (κ3) is 5.24. The van der Waals surface area contributed by atoms with Crippen LogP contribution in [0.2, 0.25) is 5.02 Å². The summed E-state index contributed by atoms with van der Waals surface area (Å²) >= 11 is 6.00. The molecule has 1 aliphatic rings. The summed E-state index contributed by atoms with van der Waals surface area (Å²) in [4.78, 5) is 20.5. The van der Waals surface area contributed by atoms with Gasteiger partial charge in [0.2, 0.25) is 5.82 Å². The van der Waals surface area contributed by atoms with Gasteiger partial charge in [0.05, 0.1) is 0 Å². The second kappa shape index (κ2) is 9.66. The molecule has 1 N–H and O–H groups in total. The van der Waals surface area contributed by atoms with E-state index in [9.17, 15) is 4.79 Å². The maximum Gasteiger partial charge on any atom is 0.317 e. The molecule has 1 fully saturated rings. The molecule has 0 aliphatic carbocycles. The molecule has 160 valence electrons. The van der Waals surface area contributed by atoms with E-state index >= 15 is 0 Å². The van der Waals surface area contributed by atoms with Gasteiger partial charge in [0.25, 0.3) is 5.89 Å². The highest BCUT2D eigenvalue weighted by Gasteiger charge is 2.20. The average molecular weight is 438 g/mol. The highest BCUT2D eigenvalue weighted by molar-refractivity contribution is 6.30. The van der Waals surface area contributed by atoms with Gasteiger partial charge in [-0.3, -0.25) is 0 Å². The first-order valence-electron chi connectivity index (χ1n) is 10.3. The number of nitrogens with zero attached hydrogens (tertiary/aromatic N) is 4. The smallest absolute Gasteiger partial charge is 0.317 e. The molecule has 0 atom stereocenters. The molecular formula is C23H24ClN5O2. The Bertz CT molecular complexity index is 1060. The quantitative estimate of drug-likeness (QED) is 0.639. The highest BCUT2D eigenvalue weighted by atomic mass is 35.5. The number of carbonyl (C=O) groups is 1. The molecule has 1 aliphatic heterocycles. The van der Waals surface area contributed by atoms with Gasteiger partial charge < -0.3 is 19.6 Å². The fourth-order valence-corrected chi connectivity index (χ4v) is 3.65. The highest BCUT2D eigenvalue weighted by Crippen LogP contribution is 2.23. The number of piperazine rings is 1. The summed E-state index contributed by atoms with van der Waals surface area (Å²) in [6.45, 7) is 5.60. The number of hydrogen-bond acceptors (Lipinski definition) is 5. The van der Waals surface area contributed by atoms with Gasteiger partial charge in [0, 0.05) is 55.1 Å². The summed E-state index contributed by atoms with van der Waals surface area (Å²) in [6, 6.07) is 15.6. The van der Waals surface area contributed by atoms with Crippen LogP contribution >= 0.6 is 11.6 Å². The van der Waals surface area contributed by atoms with Gasteiger partial charge in [-0.2, -0.15) is 4.98 Å². The number of rotatable bonds is 5. The predicted molar refractivity (Wildman–Crippen MR) is 123 cm³/mol. The van der Waals surface area contributed by atoms with Crippen LogP contribution in [-0.4, -0.2) is 53.8 Å². The molecule has 2 aromatic carbocycles. The Morgan fingerprint density at radius 2 is 1.90 bits per heavy atom. The van der Waals surface area contributed by atoms with Gasteiger partial charge in [0.1, 0.15) is 0 Å². The van der Waals surface area contributed by atoms with E-state index in [-0.39, 0.29) is 6.03 Å². The summed E-state index contributed by atoms with van der Waals surface area (Å²) in [7, 11) is 0. The largest absolute Gasteiger partial charge is 0.368 e. The minimum atomic E-state index is 0.00909. The Morgan fingerprint density at radius 3 is 2.61 bits per heavy atom. The first kappa shape index (κ1) is 20.9. The van der Waals surface area contributed by atoms with Gasteiger partial charge in [-0.1, -0.05) is 28.9 Å². The number of anilines is 1. The lowest BCUT2D eigenvalue weighted by molar-refractivity contribution is 0.195. The minimum absolute atomic E-state index is 0.00909. The van der Waals surface area contributed by atoms with Gasteiger partial charge in [-0.25, -0.2) is 4.79 Å². The van der Waals surface area contributed by atoms with Crippen molar-refractivity contribution in [2.75, 3.05) is 37.6 Å². The molecule has 4 rings (SSSR count). The summed E-state index contributed by atoms with van der Waals surface area (Å²) in [6.07, 6.45) is 3.65. The Hall–Kier alpha value is -3.32. The van der Waals surface area contributed by atoms with Gasteiger partial charge >= 0.3 is 6.03 Å². The number of benzene rings is 2. The number of hydrogen-bond donors (Lipinski definition) is 1.